The highest BCUT2D eigenvalue weighted by Gasteiger charge is 2.10. The van der Waals surface area contributed by atoms with Gasteiger partial charge in [0.2, 0.25) is 5.95 Å². The van der Waals surface area contributed by atoms with Crippen LogP contribution in [0.5, 0.6) is 0 Å². The van der Waals surface area contributed by atoms with Crippen molar-refractivity contribution in [2.75, 3.05) is 5.73 Å². The summed E-state index contributed by atoms with van der Waals surface area (Å²) < 4.78 is 1.80. The smallest absolute Gasteiger partial charge is 0.270 e. The Morgan fingerprint density at radius 3 is 2.84 bits per heavy atom. The molecule has 19 heavy (non-hydrogen) atoms. The number of hydrogen-bond acceptors (Lipinski definition) is 5. The number of nitro groups is 1. The third-order valence-electron chi connectivity index (χ3n) is 2.79. The van der Waals surface area contributed by atoms with Gasteiger partial charge in [-0.2, -0.15) is 4.98 Å². The van der Waals surface area contributed by atoms with Crippen molar-refractivity contribution in [2.24, 2.45) is 0 Å². The van der Waals surface area contributed by atoms with E-state index in [2.05, 4.69) is 9.97 Å². The fourth-order valence-corrected chi connectivity index (χ4v) is 1.94. The van der Waals surface area contributed by atoms with Crippen LogP contribution in [0.2, 0.25) is 0 Å². The average Bonchev–Trinajstić information content (AvgIpc) is 2.81. The summed E-state index contributed by atoms with van der Waals surface area (Å²) in [6.07, 6.45) is 3.35. The van der Waals surface area contributed by atoms with E-state index >= 15 is 0 Å². The molecule has 0 spiro atoms. The molecule has 0 aliphatic carbocycles. The van der Waals surface area contributed by atoms with Crippen LogP contribution in [0, 0.1) is 10.1 Å². The Morgan fingerprint density at radius 2 is 2.11 bits per heavy atom. The fraction of sp³-hybridized carbons (Fsp3) is 0. The molecule has 0 saturated heterocycles. The van der Waals surface area contributed by atoms with Crippen LogP contribution in [-0.4, -0.2) is 19.5 Å². The lowest BCUT2D eigenvalue weighted by atomic mass is 10.2. The summed E-state index contributed by atoms with van der Waals surface area (Å²) in [4.78, 5) is 18.3. The summed E-state index contributed by atoms with van der Waals surface area (Å²) in [5.41, 5.74) is 6.43. The molecule has 0 atom stereocenters. The molecule has 2 aromatic heterocycles. The lowest BCUT2D eigenvalue weighted by Gasteiger charge is -2.04. The highest BCUT2D eigenvalue weighted by atomic mass is 16.6. The average molecular weight is 255 g/mol. The molecule has 1 aromatic carbocycles. The molecule has 2 N–H and O–H groups in total. The van der Waals surface area contributed by atoms with Crippen molar-refractivity contribution >= 4 is 22.5 Å². The van der Waals surface area contributed by atoms with Crippen molar-refractivity contribution in [3.63, 3.8) is 0 Å². The van der Waals surface area contributed by atoms with Crippen LogP contribution in [0.4, 0.5) is 11.6 Å². The lowest BCUT2D eigenvalue weighted by Crippen LogP contribution is -2.00. The third kappa shape index (κ3) is 1.86. The van der Waals surface area contributed by atoms with E-state index in [4.69, 9.17) is 5.73 Å². The number of nitrogens with zero attached hydrogens (tertiary/aromatic N) is 4. The van der Waals surface area contributed by atoms with E-state index < -0.39 is 4.92 Å². The topological polar surface area (TPSA) is 99.9 Å². The van der Waals surface area contributed by atoms with E-state index in [9.17, 15) is 10.1 Å². The van der Waals surface area contributed by atoms with Gasteiger partial charge in [-0.15, -0.1) is 0 Å². The summed E-state index contributed by atoms with van der Waals surface area (Å²) in [6.45, 7) is 0. The molecule has 7 nitrogen and oxygen atoms in total. The monoisotopic (exact) mass is 255 g/mol. The lowest BCUT2D eigenvalue weighted by molar-refractivity contribution is -0.384. The Labute approximate surface area is 107 Å². The molecule has 0 bridgehead atoms. The van der Waals surface area contributed by atoms with Gasteiger partial charge < -0.3 is 10.3 Å². The van der Waals surface area contributed by atoms with E-state index in [1.54, 1.807) is 35.2 Å². The molecule has 94 valence electrons. The summed E-state index contributed by atoms with van der Waals surface area (Å²) in [6, 6.07) is 8.18. The van der Waals surface area contributed by atoms with Crippen molar-refractivity contribution in [1.29, 1.82) is 0 Å². The predicted octanol–water partition coefficient (Wildman–Crippen LogP) is 1.91. The van der Waals surface area contributed by atoms with Crippen LogP contribution < -0.4 is 5.73 Å². The maximum atomic E-state index is 10.7. The van der Waals surface area contributed by atoms with E-state index in [0.29, 0.717) is 5.82 Å². The first-order valence-corrected chi connectivity index (χ1v) is 5.49. The summed E-state index contributed by atoms with van der Waals surface area (Å²) >= 11 is 0. The maximum absolute atomic E-state index is 10.7. The number of nitrogens with two attached hydrogens (primary N) is 1. The van der Waals surface area contributed by atoms with Gasteiger partial charge >= 0.3 is 0 Å². The molecule has 0 saturated carbocycles. The van der Waals surface area contributed by atoms with Gasteiger partial charge in [0.1, 0.15) is 5.82 Å². The Hall–Kier alpha value is -2.96. The number of aromatic nitrogens is 3. The van der Waals surface area contributed by atoms with Crippen molar-refractivity contribution < 1.29 is 4.92 Å². The maximum Gasteiger partial charge on any atom is 0.270 e. The first-order valence-electron chi connectivity index (χ1n) is 5.49. The van der Waals surface area contributed by atoms with Crippen LogP contribution in [0.25, 0.3) is 16.7 Å². The van der Waals surface area contributed by atoms with Crippen molar-refractivity contribution in [3.05, 3.63) is 52.8 Å². The molecule has 0 fully saturated rings. The van der Waals surface area contributed by atoms with Crippen molar-refractivity contribution in [2.45, 2.75) is 0 Å². The Morgan fingerprint density at radius 1 is 1.26 bits per heavy atom. The van der Waals surface area contributed by atoms with E-state index in [1.807, 2.05) is 0 Å². The fourth-order valence-electron chi connectivity index (χ4n) is 1.94. The van der Waals surface area contributed by atoms with Gasteiger partial charge in [0, 0.05) is 29.9 Å². The number of non-ortho nitro benzene ring substituents is 1. The number of nitro benzene ring substituents is 1. The van der Waals surface area contributed by atoms with Gasteiger partial charge in [-0.05, 0) is 18.2 Å². The van der Waals surface area contributed by atoms with Crippen molar-refractivity contribution in [3.8, 4) is 5.82 Å². The summed E-state index contributed by atoms with van der Waals surface area (Å²) in [5.74, 6) is 0.803. The highest BCUT2D eigenvalue weighted by Crippen LogP contribution is 2.23. The Bertz CT molecular complexity index is 781. The zero-order valence-corrected chi connectivity index (χ0v) is 9.72. The van der Waals surface area contributed by atoms with Crippen LogP contribution >= 0.6 is 0 Å². The first-order chi connectivity index (χ1) is 9.15. The highest BCUT2D eigenvalue weighted by molar-refractivity contribution is 5.83. The molecule has 0 aliphatic rings. The Balaban J connectivity index is 2.18. The van der Waals surface area contributed by atoms with Crippen LogP contribution in [0.3, 0.4) is 0 Å². The van der Waals surface area contributed by atoms with Gasteiger partial charge in [-0.3, -0.25) is 10.1 Å². The largest absolute Gasteiger partial charge is 0.368 e. The number of hydrogen-bond donors (Lipinski definition) is 1. The molecule has 0 radical (unpaired) electrons. The minimum Gasteiger partial charge on any atom is -0.368 e. The quantitative estimate of drug-likeness (QED) is 0.557. The number of benzene rings is 1. The Kier molecular flexibility index (Phi) is 2.38. The molecule has 3 rings (SSSR count). The third-order valence-corrected chi connectivity index (χ3v) is 2.79. The first kappa shape index (κ1) is 11.1. The second-order valence-electron chi connectivity index (χ2n) is 3.96. The van der Waals surface area contributed by atoms with Crippen molar-refractivity contribution in [1.82, 2.24) is 14.5 Å². The van der Waals surface area contributed by atoms with Crippen LogP contribution in [0.15, 0.2) is 42.7 Å². The number of fused-ring (bicyclic) bond motifs is 1. The van der Waals surface area contributed by atoms with E-state index in [1.165, 1.54) is 12.1 Å². The minimum atomic E-state index is -0.417. The van der Waals surface area contributed by atoms with Gasteiger partial charge in [-0.1, -0.05) is 0 Å². The second-order valence-corrected chi connectivity index (χ2v) is 3.96. The molecule has 0 amide bonds. The molecule has 2 heterocycles. The summed E-state index contributed by atoms with van der Waals surface area (Å²) in [7, 11) is 0. The number of anilines is 1. The minimum absolute atomic E-state index is 0.0625. The molecule has 7 heteroatoms. The van der Waals surface area contributed by atoms with Gasteiger partial charge in [0.15, 0.2) is 0 Å². The zero-order valence-electron chi connectivity index (χ0n) is 9.72. The molecule has 0 unspecified atom stereocenters. The van der Waals surface area contributed by atoms with Crippen LogP contribution in [-0.2, 0) is 0 Å². The standard InChI is InChI=1S/C12H9N5O2/c13-12-14-5-3-11(15-12)16-6-4-8-7-9(17(18)19)1-2-10(8)16/h1-7H,(H2,13,14,15). The second kappa shape index (κ2) is 4.05. The number of rotatable bonds is 2. The summed E-state index contributed by atoms with van der Waals surface area (Å²) in [5, 5.41) is 11.5. The molecule has 3 aromatic rings. The zero-order chi connectivity index (χ0) is 13.4. The van der Waals surface area contributed by atoms with Gasteiger partial charge in [0.05, 0.1) is 10.4 Å². The normalized spacial score (nSPS) is 10.7. The van der Waals surface area contributed by atoms with E-state index in [-0.39, 0.29) is 11.6 Å². The molecular formula is C12H9N5O2. The predicted molar refractivity (Wildman–Crippen MR) is 69.9 cm³/mol. The molecular weight excluding hydrogens is 246 g/mol. The van der Waals surface area contributed by atoms with Crippen LogP contribution in [0.1, 0.15) is 0 Å². The SMILES string of the molecule is Nc1nccc(-n2ccc3cc([N+](=O)[O-])ccc32)n1. The number of nitrogen functional groups attached to an aromatic ring is 1. The molecule has 0 aliphatic heterocycles. The van der Waals surface area contributed by atoms with E-state index in [0.717, 1.165) is 10.9 Å². The van der Waals surface area contributed by atoms with Gasteiger partial charge in [-0.25, -0.2) is 4.98 Å². The van der Waals surface area contributed by atoms with Gasteiger partial charge in [0.25, 0.3) is 5.69 Å².